The van der Waals surface area contributed by atoms with E-state index in [0.717, 1.165) is 5.56 Å². The van der Waals surface area contributed by atoms with Gasteiger partial charge in [-0.3, -0.25) is 4.79 Å². The van der Waals surface area contributed by atoms with Gasteiger partial charge >= 0.3 is 0 Å². The van der Waals surface area contributed by atoms with E-state index in [9.17, 15) is 18.4 Å². The Labute approximate surface area is 187 Å². The third kappa shape index (κ3) is 5.14. The van der Waals surface area contributed by atoms with Crippen molar-refractivity contribution < 1.29 is 17.9 Å². The summed E-state index contributed by atoms with van der Waals surface area (Å²) >= 11 is 6.10. The van der Waals surface area contributed by atoms with Gasteiger partial charge < -0.3 is 5.21 Å². The van der Waals surface area contributed by atoms with Crippen molar-refractivity contribution in [3.63, 3.8) is 0 Å². The molecule has 0 aliphatic carbocycles. The van der Waals surface area contributed by atoms with Crippen LogP contribution in [-0.4, -0.2) is 14.2 Å². The summed E-state index contributed by atoms with van der Waals surface area (Å²) in [6, 6.07) is 14.3. The third-order valence-corrected chi connectivity index (χ3v) is 7.02. The Balaban J connectivity index is 1.98. The van der Waals surface area contributed by atoms with E-state index < -0.39 is 9.84 Å². The van der Waals surface area contributed by atoms with Crippen LogP contribution in [-0.2, 0) is 21.0 Å². The van der Waals surface area contributed by atoms with Crippen LogP contribution in [0.15, 0.2) is 65.7 Å². The van der Waals surface area contributed by atoms with E-state index >= 15 is 0 Å². The maximum absolute atomic E-state index is 13.1. The summed E-state index contributed by atoms with van der Waals surface area (Å²) in [5.41, 5.74) is 2.15. The number of carbonyl (C=O) groups excluding carboxylic acids is 1. The fraction of sp³-hybridized carbons (Fsp3) is 0.250. The van der Waals surface area contributed by atoms with Gasteiger partial charge in [0.05, 0.1) is 10.6 Å². The van der Waals surface area contributed by atoms with Crippen LogP contribution in [0.4, 0.5) is 0 Å². The number of pyridine rings is 1. The number of halogens is 1. The van der Waals surface area contributed by atoms with Crippen molar-refractivity contribution in [3.05, 3.63) is 99.0 Å². The molecule has 0 radical (unpaired) electrons. The first-order valence-electron chi connectivity index (χ1n) is 9.75. The zero-order valence-electron chi connectivity index (χ0n) is 17.8. The van der Waals surface area contributed by atoms with Crippen molar-refractivity contribution in [2.75, 3.05) is 0 Å². The molecule has 3 rings (SSSR count). The largest absolute Gasteiger partial charge is 0.619 e. The van der Waals surface area contributed by atoms with Crippen LogP contribution in [0.1, 0.15) is 53.5 Å². The zero-order chi connectivity index (χ0) is 23.0. The second kappa shape index (κ2) is 8.44. The molecule has 2 aromatic carbocycles. The van der Waals surface area contributed by atoms with Gasteiger partial charge in [-0.15, -0.1) is 0 Å². The number of benzene rings is 2. The van der Waals surface area contributed by atoms with Crippen LogP contribution < -0.4 is 4.73 Å². The molecule has 0 bridgehead atoms. The van der Waals surface area contributed by atoms with Gasteiger partial charge in [-0.25, -0.2) is 8.42 Å². The van der Waals surface area contributed by atoms with Crippen LogP contribution >= 0.6 is 11.6 Å². The Kier molecular flexibility index (Phi) is 6.25. The molecule has 0 aliphatic rings. The van der Waals surface area contributed by atoms with E-state index in [4.69, 9.17) is 11.6 Å². The molecule has 0 amide bonds. The maximum Gasteiger partial charge on any atom is 0.193 e. The van der Waals surface area contributed by atoms with Crippen LogP contribution in [0.5, 0.6) is 0 Å². The van der Waals surface area contributed by atoms with Gasteiger partial charge in [0, 0.05) is 35.2 Å². The van der Waals surface area contributed by atoms with Crippen molar-refractivity contribution in [1.82, 2.24) is 0 Å². The number of hydrogen-bond donors (Lipinski definition) is 0. The maximum atomic E-state index is 13.1. The molecule has 1 aromatic heterocycles. The minimum atomic E-state index is -3.69. The van der Waals surface area contributed by atoms with E-state index in [2.05, 4.69) is 20.8 Å². The molecule has 0 fully saturated rings. The monoisotopic (exact) mass is 457 g/mol. The number of carbonyl (C=O) groups is 1. The average molecular weight is 458 g/mol. The summed E-state index contributed by atoms with van der Waals surface area (Å²) in [5, 5.41) is 11.9. The Morgan fingerprint density at radius 3 is 2.26 bits per heavy atom. The highest BCUT2D eigenvalue weighted by atomic mass is 35.5. The Hall–Kier alpha value is -2.70. The van der Waals surface area contributed by atoms with Crippen LogP contribution in [0.3, 0.4) is 0 Å². The molecule has 31 heavy (non-hydrogen) atoms. The van der Waals surface area contributed by atoms with Gasteiger partial charge in [0.15, 0.2) is 27.5 Å². The van der Waals surface area contributed by atoms with Crippen LogP contribution in [0, 0.1) is 12.1 Å². The van der Waals surface area contributed by atoms with Crippen molar-refractivity contribution in [3.8, 4) is 0 Å². The first kappa shape index (κ1) is 23.0. The molecule has 0 unspecified atom stereocenters. The standard InChI is InChI=1S/C24H24ClNO4S/c1-16-13-17(11-12-26(16)28)23(27)22-14-20(25)8-5-18(22)15-31(29,30)21-9-6-19(7-10-21)24(2,3)4/h5-14H,15H2,1-4H3. The van der Waals surface area contributed by atoms with Crippen LogP contribution in [0.25, 0.3) is 0 Å². The number of aromatic nitrogens is 1. The first-order chi connectivity index (χ1) is 14.4. The highest BCUT2D eigenvalue weighted by Crippen LogP contribution is 2.27. The molecule has 1 heterocycles. The molecule has 0 saturated heterocycles. The average Bonchev–Trinajstić information content (AvgIpc) is 2.70. The molecule has 0 atom stereocenters. The van der Waals surface area contributed by atoms with Crippen LogP contribution in [0.2, 0.25) is 5.02 Å². The predicted molar refractivity (Wildman–Crippen MR) is 121 cm³/mol. The predicted octanol–water partition coefficient (Wildman–Crippen LogP) is 4.78. The van der Waals surface area contributed by atoms with Crippen molar-refractivity contribution in [2.24, 2.45) is 0 Å². The van der Waals surface area contributed by atoms with E-state index in [1.807, 2.05) is 12.1 Å². The normalized spacial score (nSPS) is 12.0. The number of rotatable bonds is 5. The number of hydrogen-bond acceptors (Lipinski definition) is 4. The lowest BCUT2D eigenvalue weighted by Crippen LogP contribution is -2.29. The fourth-order valence-electron chi connectivity index (χ4n) is 3.24. The van der Waals surface area contributed by atoms with E-state index in [1.165, 1.54) is 24.4 Å². The summed E-state index contributed by atoms with van der Waals surface area (Å²) in [4.78, 5) is 13.3. The fourth-order valence-corrected chi connectivity index (χ4v) is 4.79. The summed E-state index contributed by atoms with van der Waals surface area (Å²) in [6.45, 7) is 7.76. The number of aryl methyl sites for hydroxylation is 1. The molecule has 3 aromatic rings. The highest BCUT2D eigenvalue weighted by molar-refractivity contribution is 7.90. The summed E-state index contributed by atoms with van der Waals surface area (Å²) in [5.74, 6) is -0.729. The van der Waals surface area contributed by atoms with Gasteiger partial charge in [-0.05, 0) is 40.8 Å². The first-order valence-corrected chi connectivity index (χ1v) is 11.8. The van der Waals surface area contributed by atoms with Gasteiger partial charge in [0.25, 0.3) is 0 Å². The number of nitrogens with zero attached hydrogens (tertiary/aromatic N) is 1. The Bertz CT molecular complexity index is 1240. The Morgan fingerprint density at radius 2 is 1.68 bits per heavy atom. The van der Waals surface area contributed by atoms with E-state index in [1.54, 1.807) is 31.2 Å². The molecule has 0 N–H and O–H groups in total. The molecular weight excluding hydrogens is 434 g/mol. The molecule has 0 spiro atoms. The molecular formula is C24H24ClNO4S. The van der Waals surface area contributed by atoms with Crippen molar-refractivity contribution >= 4 is 27.2 Å². The van der Waals surface area contributed by atoms with Gasteiger partial charge in [-0.2, -0.15) is 4.73 Å². The lowest BCUT2D eigenvalue weighted by molar-refractivity contribution is -0.612. The van der Waals surface area contributed by atoms with Crippen molar-refractivity contribution in [2.45, 2.75) is 43.8 Å². The SMILES string of the molecule is Cc1cc(C(=O)c2cc(Cl)ccc2CS(=O)(=O)c2ccc(C(C)(C)C)cc2)cc[n+]1[O-]. The second-order valence-corrected chi connectivity index (χ2v) is 11.0. The molecule has 162 valence electrons. The number of sulfone groups is 1. The molecule has 5 nitrogen and oxygen atoms in total. The molecule has 0 aliphatic heterocycles. The third-order valence-electron chi connectivity index (χ3n) is 5.11. The lowest BCUT2D eigenvalue weighted by Gasteiger charge is -2.19. The van der Waals surface area contributed by atoms with Gasteiger partial charge in [-0.1, -0.05) is 50.6 Å². The van der Waals surface area contributed by atoms with E-state index in [-0.39, 0.29) is 27.4 Å². The zero-order valence-corrected chi connectivity index (χ0v) is 19.4. The number of ketones is 1. The summed E-state index contributed by atoms with van der Waals surface area (Å²) in [7, 11) is -3.69. The molecule has 0 saturated carbocycles. The quantitative estimate of drug-likeness (QED) is 0.313. The topological polar surface area (TPSA) is 78.2 Å². The smallest absolute Gasteiger partial charge is 0.193 e. The Morgan fingerprint density at radius 1 is 1.03 bits per heavy atom. The van der Waals surface area contributed by atoms with E-state index in [0.29, 0.717) is 26.6 Å². The second-order valence-electron chi connectivity index (χ2n) is 8.55. The minimum absolute atomic E-state index is 0.0892. The summed E-state index contributed by atoms with van der Waals surface area (Å²) in [6.07, 6.45) is 1.25. The van der Waals surface area contributed by atoms with Crippen molar-refractivity contribution in [1.29, 1.82) is 0 Å². The molecule has 7 heteroatoms. The minimum Gasteiger partial charge on any atom is -0.619 e. The lowest BCUT2D eigenvalue weighted by atomic mass is 9.87. The summed E-state index contributed by atoms with van der Waals surface area (Å²) < 4.78 is 26.8. The van der Waals surface area contributed by atoms with Gasteiger partial charge in [0.1, 0.15) is 0 Å². The van der Waals surface area contributed by atoms with Gasteiger partial charge in [0.2, 0.25) is 0 Å². The highest BCUT2D eigenvalue weighted by Gasteiger charge is 2.23.